The molecule has 0 N–H and O–H groups in total. The molecule has 1 aliphatic heterocycles. The molecule has 3 heteroatoms. The van der Waals surface area contributed by atoms with Gasteiger partial charge < -0.3 is 9.47 Å². The van der Waals surface area contributed by atoms with Gasteiger partial charge in [-0.15, -0.1) is 0 Å². The molecule has 4 aliphatic rings. The third kappa shape index (κ3) is 1.39. The summed E-state index contributed by atoms with van der Waals surface area (Å²) in [5.41, 5.74) is 4.41. The lowest BCUT2D eigenvalue weighted by atomic mass is 9.81. The number of rotatable bonds is 0. The molecule has 1 saturated heterocycles. The maximum absolute atomic E-state index is 11.8. The molecule has 1 fully saturated rings. The predicted molar refractivity (Wildman–Crippen MR) is 79.1 cm³/mol. The molecule has 0 saturated carbocycles. The van der Waals surface area contributed by atoms with Gasteiger partial charge in [-0.3, -0.25) is 4.79 Å². The monoisotopic (exact) mass is 276 g/mol. The summed E-state index contributed by atoms with van der Waals surface area (Å²) in [6.45, 7) is 0.245. The van der Waals surface area contributed by atoms with Crippen LogP contribution >= 0.6 is 0 Å². The van der Waals surface area contributed by atoms with E-state index in [9.17, 15) is 4.79 Å². The quantitative estimate of drug-likeness (QED) is 0.716. The van der Waals surface area contributed by atoms with E-state index in [4.69, 9.17) is 9.47 Å². The Hall–Kier alpha value is -2.39. The van der Waals surface area contributed by atoms with Crippen LogP contribution in [-0.2, 0) is 14.3 Å². The Morgan fingerprint density at radius 3 is 3.14 bits per heavy atom. The van der Waals surface area contributed by atoms with Crippen molar-refractivity contribution in [3.05, 3.63) is 57.5 Å². The molecule has 1 aromatic carbocycles. The smallest absolute Gasteiger partial charge is 0.190 e. The highest BCUT2D eigenvalue weighted by molar-refractivity contribution is 6.03. The van der Waals surface area contributed by atoms with Crippen molar-refractivity contribution in [2.75, 3.05) is 6.79 Å². The number of ether oxygens (including phenoxy) is 2. The van der Waals surface area contributed by atoms with Crippen LogP contribution in [0.15, 0.2) is 35.9 Å². The summed E-state index contributed by atoms with van der Waals surface area (Å²) in [5, 5.41) is 2.31. The molecule has 0 bridgehead atoms. The lowest BCUT2D eigenvalue weighted by Crippen LogP contribution is -2.39. The Bertz CT molecular complexity index is 913. The first-order valence-electron chi connectivity index (χ1n) is 7.08. The van der Waals surface area contributed by atoms with E-state index in [0.717, 1.165) is 27.7 Å². The molecule has 3 aliphatic carbocycles. The Morgan fingerprint density at radius 2 is 2.19 bits per heavy atom. The third-order valence-corrected chi connectivity index (χ3v) is 4.46. The molecule has 0 amide bonds. The second-order valence-corrected chi connectivity index (χ2v) is 5.58. The van der Waals surface area contributed by atoms with Gasteiger partial charge in [-0.25, -0.2) is 0 Å². The molecule has 1 atom stereocenters. The van der Waals surface area contributed by atoms with Crippen molar-refractivity contribution in [1.29, 1.82) is 0 Å². The number of carbonyl (C=O) groups excluding carboxylic acids is 1. The Kier molecular flexibility index (Phi) is 2.06. The fraction of sp³-hybridized carbons (Fsp3) is 0.167. The van der Waals surface area contributed by atoms with Crippen LogP contribution in [0.4, 0.5) is 0 Å². The lowest BCUT2D eigenvalue weighted by molar-refractivity contribution is -0.114. The molecule has 1 heterocycles. The van der Waals surface area contributed by atoms with Crippen LogP contribution in [0.5, 0.6) is 0 Å². The van der Waals surface area contributed by atoms with Gasteiger partial charge in [0.25, 0.3) is 0 Å². The van der Waals surface area contributed by atoms with E-state index in [0.29, 0.717) is 6.42 Å². The average molecular weight is 276 g/mol. The van der Waals surface area contributed by atoms with Crippen molar-refractivity contribution in [2.24, 2.45) is 0 Å². The van der Waals surface area contributed by atoms with Crippen LogP contribution in [0, 0.1) is 0 Å². The summed E-state index contributed by atoms with van der Waals surface area (Å²) in [6.07, 6.45) is 10.2. The van der Waals surface area contributed by atoms with Crippen LogP contribution in [0.1, 0.15) is 17.5 Å². The lowest BCUT2D eigenvalue weighted by Gasteiger charge is -2.26. The Balaban J connectivity index is 1.95. The predicted octanol–water partition coefficient (Wildman–Crippen LogP) is 1.27. The SMILES string of the molecule is O=C1C=C2C(=CC1)c1ccc3c(c1=C1OCOC21)=CC=C3. The molecule has 102 valence electrons. The number of carbonyl (C=O) groups is 1. The van der Waals surface area contributed by atoms with Gasteiger partial charge in [0.05, 0.1) is 0 Å². The Morgan fingerprint density at radius 1 is 1.24 bits per heavy atom. The summed E-state index contributed by atoms with van der Waals surface area (Å²) in [5.74, 6) is 0.973. The highest BCUT2D eigenvalue weighted by Crippen LogP contribution is 2.38. The van der Waals surface area contributed by atoms with E-state index >= 15 is 0 Å². The normalized spacial score (nSPS) is 24.3. The molecule has 0 radical (unpaired) electrons. The molecular weight excluding hydrogens is 264 g/mol. The van der Waals surface area contributed by atoms with Crippen molar-refractivity contribution >= 4 is 29.3 Å². The standard InChI is InChI=1S/C18H12O3/c19-11-5-7-13-14-6-4-10-2-1-3-12(10)16(14)18-17(15(13)8-11)20-9-21-18/h1-4,6-8,17H,5,9H2. The maximum atomic E-state index is 11.8. The zero-order valence-electron chi connectivity index (χ0n) is 11.3. The second kappa shape index (κ2) is 3.83. The van der Waals surface area contributed by atoms with Crippen molar-refractivity contribution < 1.29 is 14.3 Å². The topological polar surface area (TPSA) is 35.5 Å². The van der Waals surface area contributed by atoms with Crippen molar-refractivity contribution in [2.45, 2.75) is 12.5 Å². The molecular formula is C18H12O3. The highest BCUT2D eigenvalue weighted by Gasteiger charge is 2.37. The number of allylic oxidation sites excluding steroid dienone is 3. The zero-order valence-corrected chi connectivity index (χ0v) is 11.3. The van der Waals surface area contributed by atoms with Crippen molar-refractivity contribution in [1.82, 2.24) is 0 Å². The number of ketones is 1. The van der Waals surface area contributed by atoms with Crippen molar-refractivity contribution in [3.8, 4) is 0 Å². The number of fused-ring (bicyclic) bond motifs is 7. The van der Waals surface area contributed by atoms with Gasteiger partial charge in [0, 0.05) is 11.6 Å². The molecule has 1 unspecified atom stereocenters. The molecule has 5 rings (SSSR count). The van der Waals surface area contributed by atoms with Gasteiger partial charge in [0.2, 0.25) is 0 Å². The van der Waals surface area contributed by atoms with E-state index < -0.39 is 0 Å². The minimum absolute atomic E-state index is 0.126. The van der Waals surface area contributed by atoms with E-state index in [1.54, 1.807) is 6.08 Å². The maximum Gasteiger partial charge on any atom is 0.190 e. The van der Waals surface area contributed by atoms with Gasteiger partial charge in [0.15, 0.2) is 12.6 Å². The highest BCUT2D eigenvalue weighted by atomic mass is 16.7. The van der Waals surface area contributed by atoms with Crippen LogP contribution in [-0.4, -0.2) is 18.7 Å². The van der Waals surface area contributed by atoms with Crippen LogP contribution in [0.3, 0.4) is 0 Å². The number of hydrogen-bond acceptors (Lipinski definition) is 3. The first-order valence-corrected chi connectivity index (χ1v) is 7.08. The number of benzene rings is 1. The van der Waals surface area contributed by atoms with Crippen LogP contribution in [0.2, 0.25) is 0 Å². The van der Waals surface area contributed by atoms with Crippen LogP contribution in [0.25, 0.3) is 23.5 Å². The van der Waals surface area contributed by atoms with Gasteiger partial charge >= 0.3 is 0 Å². The summed E-state index contributed by atoms with van der Waals surface area (Å²) in [7, 11) is 0. The summed E-state index contributed by atoms with van der Waals surface area (Å²) < 4.78 is 11.5. The fourth-order valence-corrected chi connectivity index (χ4v) is 3.56. The van der Waals surface area contributed by atoms with Crippen molar-refractivity contribution in [3.63, 3.8) is 0 Å². The largest absolute Gasteiger partial charge is 0.468 e. The summed E-state index contributed by atoms with van der Waals surface area (Å²) in [4.78, 5) is 11.8. The van der Waals surface area contributed by atoms with Gasteiger partial charge in [0.1, 0.15) is 11.9 Å². The minimum atomic E-state index is -0.242. The first-order chi connectivity index (χ1) is 10.3. The summed E-state index contributed by atoms with van der Waals surface area (Å²) in [6, 6.07) is 4.25. The average Bonchev–Trinajstić information content (AvgIpc) is 3.15. The zero-order chi connectivity index (χ0) is 14.0. The number of hydrogen-bond donors (Lipinski definition) is 0. The van der Waals surface area contributed by atoms with Gasteiger partial charge in [-0.2, -0.15) is 0 Å². The third-order valence-electron chi connectivity index (χ3n) is 4.46. The van der Waals surface area contributed by atoms with E-state index in [1.165, 1.54) is 10.8 Å². The van der Waals surface area contributed by atoms with Crippen LogP contribution < -0.4 is 10.4 Å². The molecule has 21 heavy (non-hydrogen) atoms. The minimum Gasteiger partial charge on any atom is -0.468 e. The first kappa shape index (κ1) is 11.3. The van der Waals surface area contributed by atoms with E-state index in [1.807, 2.05) is 6.08 Å². The molecule has 3 nitrogen and oxygen atoms in total. The van der Waals surface area contributed by atoms with E-state index in [2.05, 4.69) is 30.4 Å². The summed E-state index contributed by atoms with van der Waals surface area (Å²) >= 11 is 0. The molecule has 1 aromatic rings. The fourth-order valence-electron chi connectivity index (χ4n) is 3.56. The Labute approximate surface area is 121 Å². The van der Waals surface area contributed by atoms with Gasteiger partial charge in [-0.05, 0) is 33.6 Å². The second-order valence-electron chi connectivity index (χ2n) is 5.58. The van der Waals surface area contributed by atoms with E-state index in [-0.39, 0.29) is 18.7 Å². The van der Waals surface area contributed by atoms with Gasteiger partial charge in [-0.1, -0.05) is 36.4 Å². The molecule has 0 spiro atoms. The molecule has 0 aromatic heterocycles.